The van der Waals surface area contributed by atoms with Gasteiger partial charge in [0.25, 0.3) is 0 Å². The van der Waals surface area contributed by atoms with Gasteiger partial charge in [-0.15, -0.1) is 0 Å². The first kappa shape index (κ1) is 13.7. The van der Waals surface area contributed by atoms with Gasteiger partial charge in [-0.1, -0.05) is 6.92 Å². The number of hydrogen-bond acceptors (Lipinski definition) is 2. The van der Waals surface area contributed by atoms with Crippen LogP contribution in [0.4, 0.5) is 0 Å². The summed E-state index contributed by atoms with van der Waals surface area (Å²) in [5, 5.41) is 4.30. The van der Waals surface area contributed by atoms with Crippen LogP contribution in [0, 0.1) is 0 Å². The second-order valence-electron chi connectivity index (χ2n) is 4.84. The predicted octanol–water partition coefficient (Wildman–Crippen LogP) is 1.69. The Hall–Kier alpha value is -0.350. The Morgan fingerprint density at radius 3 is 2.81 bits per heavy atom. The zero-order valence-electron chi connectivity index (χ0n) is 10.8. The molecule has 0 saturated carbocycles. The Kier molecular flexibility index (Phi) is 6.06. The molecule has 94 valence electrons. The first-order chi connectivity index (χ1) is 7.65. The van der Waals surface area contributed by atoms with E-state index in [4.69, 9.17) is 12.2 Å². The Bertz CT molecular complexity index is 218. The van der Waals surface area contributed by atoms with E-state index in [1.54, 1.807) is 0 Å². The van der Waals surface area contributed by atoms with Gasteiger partial charge >= 0.3 is 0 Å². The maximum absolute atomic E-state index is 5.47. The third-order valence-corrected chi connectivity index (χ3v) is 3.37. The summed E-state index contributed by atoms with van der Waals surface area (Å²) in [6.45, 7) is 5.38. The summed E-state index contributed by atoms with van der Waals surface area (Å²) < 4.78 is 0. The molecule has 1 heterocycles. The Labute approximate surface area is 105 Å². The molecule has 0 aromatic heterocycles. The van der Waals surface area contributed by atoms with E-state index >= 15 is 0 Å². The van der Waals surface area contributed by atoms with Crippen LogP contribution in [0.5, 0.6) is 0 Å². The minimum atomic E-state index is 0.598. The standard InChI is InChI=1S/C12H25N3S/c1-4-8-13-12(16)15-9-6-5-7-11(15)10-14(2)3/h11H,4-10H2,1-3H3,(H,13,16). The van der Waals surface area contributed by atoms with Crippen molar-refractivity contribution in [2.75, 3.05) is 33.7 Å². The molecule has 0 radical (unpaired) electrons. The molecule has 1 aliphatic rings. The molecule has 1 unspecified atom stereocenters. The van der Waals surface area contributed by atoms with Gasteiger partial charge in [0.2, 0.25) is 0 Å². The van der Waals surface area contributed by atoms with Crippen molar-refractivity contribution >= 4 is 17.3 Å². The topological polar surface area (TPSA) is 18.5 Å². The lowest BCUT2D eigenvalue weighted by Gasteiger charge is -2.39. The molecule has 0 bridgehead atoms. The van der Waals surface area contributed by atoms with E-state index in [0.717, 1.165) is 31.2 Å². The molecule has 1 atom stereocenters. The van der Waals surface area contributed by atoms with Crippen LogP contribution in [0.25, 0.3) is 0 Å². The predicted molar refractivity (Wildman–Crippen MR) is 73.8 cm³/mol. The van der Waals surface area contributed by atoms with Gasteiger partial charge in [0.05, 0.1) is 0 Å². The van der Waals surface area contributed by atoms with Crippen LogP contribution in [0.3, 0.4) is 0 Å². The molecule has 4 heteroatoms. The molecule has 1 rings (SSSR count). The molecule has 0 spiro atoms. The van der Waals surface area contributed by atoms with E-state index in [2.05, 4.69) is 36.1 Å². The van der Waals surface area contributed by atoms with Gasteiger partial charge in [0, 0.05) is 25.7 Å². The van der Waals surface area contributed by atoms with Gasteiger partial charge in [-0.3, -0.25) is 0 Å². The molecule has 3 nitrogen and oxygen atoms in total. The van der Waals surface area contributed by atoms with E-state index < -0.39 is 0 Å². The SMILES string of the molecule is CCCNC(=S)N1CCCCC1CN(C)C. The summed E-state index contributed by atoms with van der Waals surface area (Å²) in [7, 11) is 4.27. The molecule has 1 fully saturated rings. The van der Waals surface area contributed by atoms with Crippen LogP contribution in [0.2, 0.25) is 0 Å². The largest absolute Gasteiger partial charge is 0.363 e. The fourth-order valence-corrected chi connectivity index (χ4v) is 2.56. The van der Waals surface area contributed by atoms with Crippen molar-refractivity contribution in [1.29, 1.82) is 0 Å². The summed E-state index contributed by atoms with van der Waals surface area (Å²) in [4.78, 5) is 4.64. The number of rotatable bonds is 4. The first-order valence-electron chi connectivity index (χ1n) is 6.34. The smallest absolute Gasteiger partial charge is 0.169 e. The van der Waals surface area contributed by atoms with Gasteiger partial charge in [-0.05, 0) is 52.0 Å². The van der Waals surface area contributed by atoms with Crippen molar-refractivity contribution in [3.05, 3.63) is 0 Å². The fourth-order valence-electron chi connectivity index (χ4n) is 2.21. The molecule has 1 saturated heterocycles. The van der Waals surface area contributed by atoms with Crippen molar-refractivity contribution in [1.82, 2.24) is 15.1 Å². The Morgan fingerprint density at radius 1 is 1.44 bits per heavy atom. The zero-order valence-corrected chi connectivity index (χ0v) is 11.6. The summed E-state index contributed by atoms with van der Waals surface area (Å²) >= 11 is 5.47. The van der Waals surface area contributed by atoms with Crippen molar-refractivity contribution in [2.45, 2.75) is 38.6 Å². The van der Waals surface area contributed by atoms with Crippen LogP contribution in [0.15, 0.2) is 0 Å². The van der Waals surface area contributed by atoms with Crippen LogP contribution in [-0.2, 0) is 0 Å². The maximum Gasteiger partial charge on any atom is 0.169 e. The zero-order chi connectivity index (χ0) is 12.0. The number of thiocarbonyl (C=S) groups is 1. The van der Waals surface area contributed by atoms with E-state index in [-0.39, 0.29) is 0 Å². The molecular weight excluding hydrogens is 218 g/mol. The monoisotopic (exact) mass is 243 g/mol. The van der Waals surface area contributed by atoms with Gasteiger partial charge in [-0.2, -0.15) is 0 Å². The van der Waals surface area contributed by atoms with Crippen LogP contribution >= 0.6 is 12.2 Å². The Morgan fingerprint density at radius 2 is 2.19 bits per heavy atom. The molecule has 0 aromatic carbocycles. The summed E-state index contributed by atoms with van der Waals surface area (Å²) in [6.07, 6.45) is 5.02. The highest BCUT2D eigenvalue weighted by Crippen LogP contribution is 2.17. The number of nitrogens with one attached hydrogen (secondary N) is 1. The lowest BCUT2D eigenvalue weighted by molar-refractivity contribution is 0.193. The fraction of sp³-hybridized carbons (Fsp3) is 0.917. The van der Waals surface area contributed by atoms with Crippen molar-refractivity contribution in [2.24, 2.45) is 0 Å². The van der Waals surface area contributed by atoms with Gasteiger partial charge in [-0.25, -0.2) is 0 Å². The van der Waals surface area contributed by atoms with E-state index in [1.165, 1.54) is 19.3 Å². The lowest BCUT2D eigenvalue weighted by atomic mass is 10.0. The van der Waals surface area contributed by atoms with Crippen molar-refractivity contribution < 1.29 is 0 Å². The van der Waals surface area contributed by atoms with Crippen LogP contribution < -0.4 is 5.32 Å². The van der Waals surface area contributed by atoms with Gasteiger partial charge < -0.3 is 15.1 Å². The highest BCUT2D eigenvalue weighted by molar-refractivity contribution is 7.80. The number of piperidine rings is 1. The number of nitrogens with zero attached hydrogens (tertiary/aromatic N) is 2. The highest BCUT2D eigenvalue weighted by atomic mass is 32.1. The van der Waals surface area contributed by atoms with Gasteiger partial charge in [0.15, 0.2) is 5.11 Å². The third-order valence-electron chi connectivity index (χ3n) is 2.99. The average molecular weight is 243 g/mol. The minimum Gasteiger partial charge on any atom is -0.363 e. The molecule has 16 heavy (non-hydrogen) atoms. The summed E-state index contributed by atoms with van der Waals surface area (Å²) in [5.41, 5.74) is 0. The highest BCUT2D eigenvalue weighted by Gasteiger charge is 2.24. The van der Waals surface area contributed by atoms with Gasteiger partial charge in [0.1, 0.15) is 0 Å². The number of likely N-dealkylation sites (N-methyl/N-ethyl adjacent to an activating group) is 1. The van der Waals surface area contributed by atoms with Crippen molar-refractivity contribution in [3.8, 4) is 0 Å². The van der Waals surface area contributed by atoms with E-state index in [1.807, 2.05) is 0 Å². The van der Waals surface area contributed by atoms with Crippen LogP contribution in [-0.4, -0.2) is 54.7 Å². The second kappa shape index (κ2) is 7.07. The average Bonchev–Trinajstić information content (AvgIpc) is 2.26. The van der Waals surface area contributed by atoms with Crippen molar-refractivity contribution in [3.63, 3.8) is 0 Å². The summed E-state index contributed by atoms with van der Waals surface area (Å²) in [5.74, 6) is 0. The lowest BCUT2D eigenvalue weighted by Crippen LogP contribution is -2.51. The molecule has 0 amide bonds. The quantitative estimate of drug-likeness (QED) is 0.757. The molecule has 1 N–H and O–H groups in total. The minimum absolute atomic E-state index is 0.598. The van der Waals surface area contributed by atoms with E-state index in [9.17, 15) is 0 Å². The molecule has 0 aliphatic carbocycles. The van der Waals surface area contributed by atoms with Crippen LogP contribution in [0.1, 0.15) is 32.6 Å². The second-order valence-corrected chi connectivity index (χ2v) is 5.22. The molecule has 0 aromatic rings. The molecular formula is C12H25N3S. The summed E-state index contributed by atoms with van der Waals surface area (Å²) in [6, 6.07) is 0.598. The Balaban J connectivity index is 2.48. The number of hydrogen-bond donors (Lipinski definition) is 1. The number of likely N-dealkylation sites (tertiary alicyclic amines) is 1. The molecule has 1 aliphatic heterocycles. The first-order valence-corrected chi connectivity index (χ1v) is 6.75. The third kappa shape index (κ3) is 4.26. The maximum atomic E-state index is 5.47. The van der Waals surface area contributed by atoms with E-state index in [0.29, 0.717) is 6.04 Å². The normalized spacial score (nSPS) is 21.2.